The second kappa shape index (κ2) is 8.29. The predicted octanol–water partition coefficient (Wildman–Crippen LogP) is 2.60. The number of hydrogen-bond donors (Lipinski definition) is 1. The predicted molar refractivity (Wildman–Crippen MR) is 73.5 cm³/mol. The maximum atomic E-state index is 11.8. The van der Waals surface area contributed by atoms with Crippen LogP contribution < -0.4 is 5.32 Å². The van der Waals surface area contributed by atoms with Gasteiger partial charge in [-0.25, -0.2) is 0 Å². The minimum Gasteiger partial charge on any atom is -0.469 e. The van der Waals surface area contributed by atoms with Crippen LogP contribution in [0.15, 0.2) is 30.3 Å². The lowest BCUT2D eigenvalue weighted by molar-refractivity contribution is -0.141. The first-order valence-electron chi connectivity index (χ1n) is 6.58. The summed E-state index contributed by atoms with van der Waals surface area (Å²) in [5.41, 5.74) is 0.915. The van der Waals surface area contributed by atoms with Crippen molar-refractivity contribution in [2.45, 2.75) is 38.6 Å². The zero-order valence-electron chi connectivity index (χ0n) is 11.5. The fourth-order valence-corrected chi connectivity index (χ4v) is 1.79. The van der Waals surface area contributed by atoms with Crippen molar-refractivity contribution in [2.24, 2.45) is 0 Å². The Hall–Kier alpha value is -1.84. The molecule has 1 aromatic rings. The van der Waals surface area contributed by atoms with Crippen LogP contribution in [0.3, 0.4) is 0 Å². The zero-order valence-corrected chi connectivity index (χ0v) is 11.5. The van der Waals surface area contributed by atoms with Crippen LogP contribution >= 0.6 is 0 Å². The molecule has 0 aliphatic carbocycles. The average Bonchev–Trinajstić information content (AvgIpc) is 2.45. The molecule has 0 heterocycles. The number of nitrogens with one attached hydrogen (secondary N) is 1. The molecule has 0 aliphatic rings. The summed E-state index contributed by atoms with van der Waals surface area (Å²) in [5, 5.41) is 2.89. The molecule has 0 radical (unpaired) electrons. The lowest BCUT2D eigenvalue weighted by atomic mass is 10.0. The van der Waals surface area contributed by atoms with Crippen LogP contribution in [0.5, 0.6) is 0 Å². The standard InChI is InChI=1S/C15H21NO3/c1-3-4-10-14(17)16-13(11-15(18)19-2)12-8-6-5-7-9-12/h5-9,13H,3-4,10-11H2,1-2H3,(H,16,17)/t13-/m1/s1. The summed E-state index contributed by atoms with van der Waals surface area (Å²) >= 11 is 0. The molecule has 1 amide bonds. The van der Waals surface area contributed by atoms with E-state index in [1.807, 2.05) is 37.3 Å². The number of benzene rings is 1. The molecule has 0 spiro atoms. The van der Waals surface area contributed by atoms with E-state index in [-0.39, 0.29) is 24.3 Å². The van der Waals surface area contributed by atoms with E-state index in [1.54, 1.807) is 0 Å². The van der Waals surface area contributed by atoms with Gasteiger partial charge in [0.15, 0.2) is 0 Å². The van der Waals surface area contributed by atoms with E-state index in [0.717, 1.165) is 18.4 Å². The highest BCUT2D eigenvalue weighted by atomic mass is 16.5. The highest BCUT2D eigenvalue weighted by Crippen LogP contribution is 2.17. The Balaban J connectivity index is 2.70. The van der Waals surface area contributed by atoms with E-state index >= 15 is 0 Å². The van der Waals surface area contributed by atoms with Gasteiger partial charge in [-0.1, -0.05) is 43.7 Å². The van der Waals surface area contributed by atoms with E-state index in [0.29, 0.717) is 6.42 Å². The number of esters is 1. The van der Waals surface area contributed by atoms with Gasteiger partial charge in [-0.3, -0.25) is 9.59 Å². The Morgan fingerprint density at radius 3 is 2.53 bits per heavy atom. The number of methoxy groups -OCH3 is 1. The summed E-state index contributed by atoms with van der Waals surface area (Å²) in [5.74, 6) is -0.357. The molecule has 1 atom stereocenters. The molecule has 4 heteroatoms. The van der Waals surface area contributed by atoms with Gasteiger partial charge in [0.1, 0.15) is 0 Å². The van der Waals surface area contributed by atoms with Gasteiger partial charge in [-0.05, 0) is 12.0 Å². The molecule has 0 bridgehead atoms. The largest absolute Gasteiger partial charge is 0.469 e. The van der Waals surface area contributed by atoms with Gasteiger partial charge in [0.2, 0.25) is 5.91 Å². The van der Waals surface area contributed by atoms with Crippen molar-refractivity contribution < 1.29 is 14.3 Å². The molecule has 0 aliphatic heterocycles. The van der Waals surface area contributed by atoms with Gasteiger partial charge >= 0.3 is 5.97 Å². The molecule has 1 N–H and O–H groups in total. The normalized spacial score (nSPS) is 11.7. The van der Waals surface area contributed by atoms with Crippen LogP contribution in [0.4, 0.5) is 0 Å². The van der Waals surface area contributed by atoms with Gasteiger partial charge in [0.05, 0.1) is 19.6 Å². The van der Waals surface area contributed by atoms with E-state index in [2.05, 4.69) is 10.1 Å². The van der Waals surface area contributed by atoms with E-state index in [9.17, 15) is 9.59 Å². The third-order valence-corrected chi connectivity index (χ3v) is 2.89. The van der Waals surface area contributed by atoms with Crippen molar-refractivity contribution >= 4 is 11.9 Å². The second-order valence-corrected chi connectivity index (χ2v) is 4.41. The van der Waals surface area contributed by atoms with Crippen molar-refractivity contribution in [3.63, 3.8) is 0 Å². The Morgan fingerprint density at radius 1 is 1.26 bits per heavy atom. The number of carbonyl (C=O) groups excluding carboxylic acids is 2. The summed E-state index contributed by atoms with van der Waals surface area (Å²) < 4.78 is 4.67. The molecule has 1 aromatic carbocycles. The maximum absolute atomic E-state index is 11.8. The number of unbranched alkanes of at least 4 members (excludes halogenated alkanes) is 1. The summed E-state index contributed by atoms with van der Waals surface area (Å²) in [6.45, 7) is 2.04. The Kier molecular flexibility index (Phi) is 6.64. The van der Waals surface area contributed by atoms with Crippen LogP contribution in [-0.4, -0.2) is 19.0 Å². The minimum atomic E-state index is -0.329. The molecule has 1 rings (SSSR count). The molecule has 0 unspecified atom stereocenters. The first-order chi connectivity index (χ1) is 9.17. The van der Waals surface area contributed by atoms with Gasteiger partial charge in [0.25, 0.3) is 0 Å². The van der Waals surface area contributed by atoms with Gasteiger partial charge in [0, 0.05) is 6.42 Å². The summed E-state index contributed by atoms with van der Waals surface area (Å²) in [6.07, 6.45) is 2.46. The number of amides is 1. The molecule has 0 fully saturated rings. The topological polar surface area (TPSA) is 55.4 Å². The fourth-order valence-electron chi connectivity index (χ4n) is 1.79. The van der Waals surface area contributed by atoms with Crippen LogP contribution in [0.2, 0.25) is 0 Å². The molecule has 4 nitrogen and oxygen atoms in total. The summed E-state index contributed by atoms with van der Waals surface area (Å²) in [6, 6.07) is 9.15. The fraction of sp³-hybridized carbons (Fsp3) is 0.467. The molecule has 0 aromatic heterocycles. The van der Waals surface area contributed by atoms with E-state index in [1.165, 1.54) is 7.11 Å². The minimum absolute atomic E-state index is 0.0281. The highest BCUT2D eigenvalue weighted by Gasteiger charge is 2.18. The number of ether oxygens (including phenoxy) is 1. The number of hydrogen-bond acceptors (Lipinski definition) is 3. The Morgan fingerprint density at radius 2 is 1.95 bits per heavy atom. The lowest BCUT2D eigenvalue weighted by Crippen LogP contribution is -2.30. The molecule has 104 valence electrons. The van der Waals surface area contributed by atoms with Crippen molar-refractivity contribution in [3.8, 4) is 0 Å². The molecule has 19 heavy (non-hydrogen) atoms. The van der Waals surface area contributed by atoms with Crippen LogP contribution in [-0.2, 0) is 14.3 Å². The van der Waals surface area contributed by atoms with Gasteiger partial charge in [-0.2, -0.15) is 0 Å². The maximum Gasteiger partial charge on any atom is 0.307 e. The first kappa shape index (κ1) is 15.2. The number of rotatable bonds is 7. The zero-order chi connectivity index (χ0) is 14.1. The smallest absolute Gasteiger partial charge is 0.307 e. The molecule has 0 saturated heterocycles. The van der Waals surface area contributed by atoms with Gasteiger partial charge < -0.3 is 10.1 Å². The Bertz CT molecular complexity index is 403. The monoisotopic (exact) mass is 263 g/mol. The molecular weight excluding hydrogens is 242 g/mol. The summed E-state index contributed by atoms with van der Waals surface area (Å²) in [4.78, 5) is 23.2. The second-order valence-electron chi connectivity index (χ2n) is 4.41. The average molecular weight is 263 g/mol. The van der Waals surface area contributed by atoms with Crippen molar-refractivity contribution in [3.05, 3.63) is 35.9 Å². The lowest BCUT2D eigenvalue weighted by Gasteiger charge is -2.18. The quantitative estimate of drug-likeness (QED) is 0.769. The van der Waals surface area contributed by atoms with Crippen molar-refractivity contribution in [1.29, 1.82) is 0 Å². The van der Waals surface area contributed by atoms with E-state index in [4.69, 9.17) is 0 Å². The van der Waals surface area contributed by atoms with Crippen LogP contribution in [0, 0.1) is 0 Å². The van der Waals surface area contributed by atoms with Crippen molar-refractivity contribution in [1.82, 2.24) is 5.32 Å². The molecular formula is C15H21NO3. The van der Waals surface area contributed by atoms with Crippen molar-refractivity contribution in [2.75, 3.05) is 7.11 Å². The Labute approximate surface area is 114 Å². The number of carbonyl (C=O) groups is 2. The first-order valence-corrected chi connectivity index (χ1v) is 6.58. The van der Waals surface area contributed by atoms with Crippen LogP contribution in [0.25, 0.3) is 0 Å². The van der Waals surface area contributed by atoms with E-state index < -0.39 is 0 Å². The third kappa shape index (κ3) is 5.55. The highest BCUT2D eigenvalue weighted by molar-refractivity contribution is 5.78. The van der Waals surface area contributed by atoms with Gasteiger partial charge in [-0.15, -0.1) is 0 Å². The third-order valence-electron chi connectivity index (χ3n) is 2.89. The SMILES string of the molecule is CCCCC(=O)N[C@H](CC(=O)OC)c1ccccc1. The summed E-state index contributed by atoms with van der Waals surface area (Å²) in [7, 11) is 1.35. The molecule has 0 saturated carbocycles. The van der Waals surface area contributed by atoms with Crippen LogP contribution in [0.1, 0.15) is 44.2 Å².